The van der Waals surface area contributed by atoms with Gasteiger partial charge in [-0.3, -0.25) is 4.90 Å². The molecule has 2 rings (SSSR count). The Balaban J connectivity index is 1.94. The first-order valence-electron chi connectivity index (χ1n) is 8.41. The maximum atomic E-state index is 5.87. The highest BCUT2D eigenvalue weighted by molar-refractivity contribution is 4.92. The topological polar surface area (TPSA) is 24.5 Å². The number of hydrogen-bond donors (Lipinski definition) is 1. The summed E-state index contributed by atoms with van der Waals surface area (Å²) < 4.78 is 5.87. The molecule has 0 spiro atoms. The molecule has 0 amide bonds. The van der Waals surface area contributed by atoms with Gasteiger partial charge in [0, 0.05) is 31.7 Å². The van der Waals surface area contributed by atoms with Gasteiger partial charge >= 0.3 is 0 Å². The molecule has 0 aromatic carbocycles. The molecule has 3 nitrogen and oxygen atoms in total. The van der Waals surface area contributed by atoms with Crippen LogP contribution in [0.2, 0.25) is 0 Å². The third-order valence-electron chi connectivity index (χ3n) is 4.71. The fraction of sp³-hybridized carbons (Fsp3) is 1.00. The van der Waals surface area contributed by atoms with Crippen molar-refractivity contribution in [1.82, 2.24) is 10.2 Å². The van der Waals surface area contributed by atoms with Crippen LogP contribution in [0.5, 0.6) is 0 Å². The molecule has 2 atom stereocenters. The zero-order valence-electron chi connectivity index (χ0n) is 14.2. The lowest BCUT2D eigenvalue weighted by molar-refractivity contribution is -0.0776. The van der Waals surface area contributed by atoms with Crippen molar-refractivity contribution in [3.05, 3.63) is 0 Å². The summed E-state index contributed by atoms with van der Waals surface area (Å²) >= 11 is 0. The standard InChI is InChI=1S/C17H34N2O/c1-14-10-19(11-15(2)20-14)13-17(8-6-7-9-17)12-18-16(3,4)5/h14-15,18H,6-13H2,1-5H3. The van der Waals surface area contributed by atoms with Crippen molar-refractivity contribution in [2.24, 2.45) is 5.41 Å². The Morgan fingerprint density at radius 2 is 1.65 bits per heavy atom. The van der Waals surface area contributed by atoms with Crippen molar-refractivity contribution in [1.29, 1.82) is 0 Å². The molecule has 2 fully saturated rings. The van der Waals surface area contributed by atoms with E-state index in [0.717, 1.165) is 19.6 Å². The molecule has 1 aliphatic carbocycles. The molecule has 1 saturated carbocycles. The summed E-state index contributed by atoms with van der Waals surface area (Å²) in [5.41, 5.74) is 0.714. The van der Waals surface area contributed by atoms with Crippen molar-refractivity contribution < 1.29 is 4.74 Å². The van der Waals surface area contributed by atoms with Crippen molar-refractivity contribution in [2.75, 3.05) is 26.2 Å². The van der Waals surface area contributed by atoms with Crippen LogP contribution in [0.4, 0.5) is 0 Å². The Morgan fingerprint density at radius 1 is 1.10 bits per heavy atom. The van der Waals surface area contributed by atoms with Gasteiger partial charge in [-0.05, 0) is 52.9 Å². The number of rotatable bonds is 4. The van der Waals surface area contributed by atoms with Gasteiger partial charge in [-0.1, -0.05) is 12.8 Å². The van der Waals surface area contributed by atoms with Crippen molar-refractivity contribution >= 4 is 0 Å². The van der Waals surface area contributed by atoms with Gasteiger partial charge in [0.1, 0.15) is 0 Å². The minimum Gasteiger partial charge on any atom is -0.373 e. The lowest BCUT2D eigenvalue weighted by Crippen LogP contribution is -2.52. The zero-order valence-corrected chi connectivity index (χ0v) is 14.2. The predicted molar refractivity (Wildman–Crippen MR) is 85.1 cm³/mol. The van der Waals surface area contributed by atoms with E-state index in [4.69, 9.17) is 4.74 Å². The largest absolute Gasteiger partial charge is 0.373 e. The fourth-order valence-electron chi connectivity index (χ4n) is 3.86. The molecule has 0 aromatic rings. The summed E-state index contributed by atoms with van der Waals surface area (Å²) in [5, 5.41) is 3.76. The first-order chi connectivity index (χ1) is 9.28. The highest BCUT2D eigenvalue weighted by Crippen LogP contribution is 2.39. The lowest BCUT2D eigenvalue weighted by Gasteiger charge is -2.42. The number of ether oxygens (including phenoxy) is 1. The summed E-state index contributed by atoms with van der Waals surface area (Å²) in [4.78, 5) is 2.65. The van der Waals surface area contributed by atoms with Crippen LogP contribution in [0.1, 0.15) is 60.3 Å². The maximum absolute atomic E-state index is 5.87. The molecule has 118 valence electrons. The van der Waals surface area contributed by atoms with Crippen LogP contribution < -0.4 is 5.32 Å². The van der Waals surface area contributed by atoms with Crippen molar-refractivity contribution in [2.45, 2.75) is 78.0 Å². The first kappa shape index (κ1) is 16.3. The van der Waals surface area contributed by atoms with E-state index in [9.17, 15) is 0 Å². The maximum Gasteiger partial charge on any atom is 0.0678 e. The van der Waals surface area contributed by atoms with Crippen LogP contribution in [-0.4, -0.2) is 48.8 Å². The van der Waals surface area contributed by atoms with Crippen molar-refractivity contribution in [3.8, 4) is 0 Å². The van der Waals surface area contributed by atoms with E-state index in [-0.39, 0.29) is 5.54 Å². The van der Waals surface area contributed by atoms with Gasteiger partial charge in [0.15, 0.2) is 0 Å². The molecular weight excluding hydrogens is 248 g/mol. The van der Waals surface area contributed by atoms with Crippen LogP contribution in [0.25, 0.3) is 0 Å². The van der Waals surface area contributed by atoms with Crippen LogP contribution in [0.15, 0.2) is 0 Å². The molecule has 2 unspecified atom stereocenters. The molecular formula is C17H34N2O. The third kappa shape index (κ3) is 4.71. The molecule has 1 aliphatic heterocycles. The average Bonchev–Trinajstić information content (AvgIpc) is 2.73. The molecule has 20 heavy (non-hydrogen) atoms. The summed E-state index contributed by atoms with van der Waals surface area (Å²) in [7, 11) is 0. The molecule has 1 heterocycles. The smallest absolute Gasteiger partial charge is 0.0678 e. The molecule has 1 N–H and O–H groups in total. The van der Waals surface area contributed by atoms with Crippen LogP contribution in [-0.2, 0) is 4.74 Å². The monoisotopic (exact) mass is 282 g/mol. The molecule has 2 aliphatic rings. The van der Waals surface area contributed by atoms with E-state index in [2.05, 4.69) is 44.8 Å². The van der Waals surface area contributed by atoms with E-state index < -0.39 is 0 Å². The second-order valence-corrected chi connectivity index (χ2v) is 8.26. The summed E-state index contributed by atoms with van der Waals surface area (Å²) in [6.07, 6.45) is 6.34. The van der Waals surface area contributed by atoms with Crippen LogP contribution in [0.3, 0.4) is 0 Å². The molecule has 0 bridgehead atoms. The fourth-order valence-corrected chi connectivity index (χ4v) is 3.86. The number of morpholine rings is 1. The quantitative estimate of drug-likeness (QED) is 0.858. The van der Waals surface area contributed by atoms with Crippen molar-refractivity contribution in [3.63, 3.8) is 0 Å². The van der Waals surface area contributed by atoms with Gasteiger partial charge in [0.2, 0.25) is 0 Å². The second kappa shape index (κ2) is 6.33. The minimum absolute atomic E-state index is 0.223. The second-order valence-electron chi connectivity index (χ2n) is 8.26. The molecule has 0 aromatic heterocycles. The third-order valence-corrected chi connectivity index (χ3v) is 4.71. The Morgan fingerprint density at radius 3 is 2.15 bits per heavy atom. The number of hydrogen-bond acceptors (Lipinski definition) is 3. The van der Waals surface area contributed by atoms with E-state index in [1.165, 1.54) is 32.2 Å². The average molecular weight is 282 g/mol. The van der Waals surface area contributed by atoms with E-state index in [0.29, 0.717) is 17.6 Å². The SMILES string of the molecule is CC1CN(CC2(CNC(C)(C)C)CCCC2)CC(C)O1. The molecule has 1 saturated heterocycles. The van der Waals surface area contributed by atoms with E-state index >= 15 is 0 Å². The number of nitrogens with zero attached hydrogens (tertiary/aromatic N) is 1. The van der Waals surface area contributed by atoms with E-state index in [1.54, 1.807) is 0 Å². The number of nitrogens with one attached hydrogen (secondary N) is 1. The first-order valence-corrected chi connectivity index (χ1v) is 8.41. The zero-order chi connectivity index (χ0) is 14.8. The summed E-state index contributed by atoms with van der Waals surface area (Å²) in [6.45, 7) is 15.8. The Hall–Kier alpha value is -0.120. The predicted octanol–water partition coefficient (Wildman–Crippen LogP) is 3.04. The van der Waals surface area contributed by atoms with Crippen LogP contribution >= 0.6 is 0 Å². The van der Waals surface area contributed by atoms with Crippen LogP contribution in [0, 0.1) is 5.41 Å². The summed E-state index contributed by atoms with van der Waals surface area (Å²) in [6, 6.07) is 0. The lowest BCUT2D eigenvalue weighted by atomic mass is 9.84. The molecule has 3 heteroatoms. The Kier molecular flexibility index (Phi) is 5.14. The highest BCUT2D eigenvalue weighted by atomic mass is 16.5. The Labute approximate surface area is 125 Å². The van der Waals surface area contributed by atoms with Gasteiger partial charge < -0.3 is 10.1 Å². The highest BCUT2D eigenvalue weighted by Gasteiger charge is 2.37. The van der Waals surface area contributed by atoms with Gasteiger partial charge in [-0.15, -0.1) is 0 Å². The summed E-state index contributed by atoms with van der Waals surface area (Å²) in [5.74, 6) is 0. The van der Waals surface area contributed by atoms with E-state index in [1.807, 2.05) is 0 Å². The van der Waals surface area contributed by atoms with Gasteiger partial charge in [0.25, 0.3) is 0 Å². The Bertz CT molecular complexity index is 295. The van der Waals surface area contributed by atoms with Gasteiger partial charge in [0.05, 0.1) is 12.2 Å². The van der Waals surface area contributed by atoms with Gasteiger partial charge in [-0.25, -0.2) is 0 Å². The normalized spacial score (nSPS) is 31.6. The van der Waals surface area contributed by atoms with Gasteiger partial charge in [-0.2, -0.15) is 0 Å². The minimum atomic E-state index is 0.223. The molecule has 0 radical (unpaired) electrons.